The minimum absolute atomic E-state index is 0.374. The van der Waals surface area contributed by atoms with Crippen molar-refractivity contribution in [2.75, 3.05) is 11.2 Å². The fourth-order valence-electron chi connectivity index (χ4n) is 2.02. The van der Waals surface area contributed by atoms with Gasteiger partial charge in [0.15, 0.2) is 0 Å². The highest BCUT2D eigenvalue weighted by Gasteiger charge is 2.06. The van der Waals surface area contributed by atoms with Gasteiger partial charge in [-0.15, -0.1) is 11.3 Å². The SMILES string of the molecule is Nc1csc(NN=Cc2cc(Br)ccc2OCc2ccccc2Cl)n1. The summed E-state index contributed by atoms with van der Waals surface area (Å²) in [5, 5.41) is 7.24. The van der Waals surface area contributed by atoms with E-state index in [1.165, 1.54) is 11.3 Å². The van der Waals surface area contributed by atoms with Crippen LogP contribution >= 0.6 is 38.9 Å². The van der Waals surface area contributed by atoms with E-state index in [1.54, 1.807) is 11.6 Å². The lowest BCUT2D eigenvalue weighted by Gasteiger charge is -2.10. The molecular formula is C17H14BrClN4OS. The van der Waals surface area contributed by atoms with Crippen LogP contribution in [0.1, 0.15) is 11.1 Å². The van der Waals surface area contributed by atoms with Crippen LogP contribution in [0.15, 0.2) is 57.4 Å². The second-order valence-electron chi connectivity index (χ2n) is 5.01. The van der Waals surface area contributed by atoms with Crippen LogP contribution in [0, 0.1) is 0 Å². The van der Waals surface area contributed by atoms with Crippen LogP contribution < -0.4 is 15.9 Å². The van der Waals surface area contributed by atoms with E-state index in [-0.39, 0.29) is 0 Å². The second kappa shape index (κ2) is 8.33. The maximum absolute atomic E-state index is 6.17. The number of aromatic nitrogens is 1. The summed E-state index contributed by atoms with van der Waals surface area (Å²) in [6.07, 6.45) is 1.67. The maximum atomic E-state index is 6.17. The quantitative estimate of drug-likeness (QED) is 0.412. The van der Waals surface area contributed by atoms with Gasteiger partial charge in [-0.2, -0.15) is 5.10 Å². The molecule has 0 bridgehead atoms. The van der Waals surface area contributed by atoms with E-state index in [0.29, 0.717) is 28.3 Å². The molecule has 0 radical (unpaired) electrons. The minimum Gasteiger partial charge on any atom is -0.488 e. The van der Waals surface area contributed by atoms with E-state index in [0.717, 1.165) is 15.6 Å². The third-order valence-electron chi connectivity index (χ3n) is 3.20. The summed E-state index contributed by atoms with van der Waals surface area (Å²) >= 11 is 11.0. The van der Waals surface area contributed by atoms with Crippen molar-refractivity contribution in [1.29, 1.82) is 0 Å². The third kappa shape index (κ3) is 4.94. The van der Waals surface area contributed by atoms with E-state index in [2.05, 4.69) is 31.4 Å². The zero-order valence-corrected chi connectivity index (χ0v) is 16.1. The predicted molar refractivity (Wildman–Crippen MR) is 108 cm³/mol. The van der Waals surface area contributed by atoms with Crippen LogP contribution in [0.5, 0.6) is 5.75 Å². The topological polar surface area (TPSA) is 72.5 Å². The van der Waals surface area contributed by atoms with Gasteiger partial charge in [-0.25, -0.2) is 4.98 Å². The summed E-state index contributed by atoms with van der Waals surface area (Å²) in [5.41, 5.74) is 10.2. The Morgan fingerprint density at radius 3 is 2.92 bits per heavy atom. The predicted octanol–water partition coefficient (Wildman–Crippen LogP) is 5.17. The first-order chi connectivity index (χ1) is 12.1. The highest BCUT2D eigenvalue weighted by Crippen LogP contribution is 2.24. The van der Waals surface area contributed by atoms with Crippen molar-refractivity contribution in [1.82, 2.24) is 4.98 Å². The molecule has 0 fully saturated rings. The highest BCUT2D eigenvalue weighted by atomic mass is 79.9. The van der Waals surface area contributed by atoms with Gasteiger partial charge in [-0.05, 0) is 24.3 Å². The molecule has 2 aromatic carbocycles. The lowest BCUT2D eigenvalue weighted by atomic mass is 10.2. The fourth-order valence-corrected chi connectivity index (χ4v) is 3.13. The van der Waals surface area contributed by atoms with Gasteiger partial charge in [-0.3, -0.25) is 5.43 Å². The first kappa shape index (κ1) is 17.7. The van der Waals surface area contributed by atoms with Crippen molar-refractivity contribution in [3.63, 3.8) is 0 Å². The van der Waals surface area contributed by atoms with E-state index >= 15 is 0 Å². The smallest absolute Gasteiger partial charge is 0.205 e. The zero-order valence-electron chi connectivity index (χ0n) is 12.9. The van der Waals surface area contributed by atoms with Crippen molar-refractivity contribution in [3.8, 4) is 5.75 Å². The van der Waals surface area contributed by atoms with Crippen molar-refractivity contribution in [2.24, 2.45) is 5.10 Å². The van der Waals surface area contributed by atoms with Gasteiger partial charge < -0.3 is 10.5 Å². The Morgan fingerprint density at radius 1 is 1.32 bits per heavy atom. The van der Waals surface area contributed by atoms with Crippen LogP contribution in [0.4, 0.5) is 10.9 Å². The lowest BCUT2D eigenvalue weighted by molar-refractivity contribution is 0.306. The molecule has 0 unspecified atom stereocenters. The summed E-state index contributed by atoms with van der Waals surface area (Å²) in [7, 11) is 0. The number of hydrazone groups is 1. The second-order valence-corrected chi connectivity index (χ2v) is 7.19. The first-order valence-corrected chi connectivity index (χ1v) is 9.33. The van der Waals surface area contributed by atoms with Crippen molar-refractivity contribution in [3.05, 3.63) is 68.5 Å². The Labute approximate surface area is 162 Å². The average Bonchev–Trinajstić information content (AvgIpc) is 3.01. The van der Waals surface area contributed by atoms with Gasteiger partial charge >= 0.3 is 0 Å². The number of rotatable bonds is 6. The Kier molecular flexibility index (Phi) is 5.91. The zero-order chi connectivity index (χ0) is 17.6. The Hall–Kier alpha value is -2.09. The van der Waals surface area contributed by atoms with Crippen LogP contribution in [0.2, 0.25) is 5.02 Å². The molecule has 1 aromatic heterocycles. The van der Waals surface area contributed by atoms with Gasteiger partial charge in [0, 0.05) is 26.0 Å². The fraction of sp³-hybridized carbons (Fsp3) is 0.0588. The molecule has 0 aliphatic carbocycles. The number of nitrogens with zero attached hydrogens (tertiary/aromatic N) is 2. The Bertz CT molecular complexity index is 900. The van der Waals surface area contributed by atoms with E-state index in [9.17, 15) is 0 Å². The normalized spacial score (nSPS) is 11.0. The lowest BCUT2D eigenvalue weighted by Crippen LogP contribution is -2.00. The summed E-state index contributed by atoms with van der Waals surface area (Å²) in [5.74, 6) is 1.17. The largest absolute Gasteiger partial charge is 0.488 e. The number of ether oxygens (including phenoxy) is 1. The molecule has 0 saturated heterocycles. The number of thiazole rings is 1. The summed E-state index contributed by atoms with van der Waals surface area (Å²) < 4.78 is 6.84. The average molecular weight is 438 g/mol. The van der Waals surface area contributed by atoms with Crippen LogP contribution in [-0.2, 0) is 6.61 Å². The molecule has 0 aliphatic rings. The maximum Gasteiger partial charge on any atom is 0.205 e. The summed E-state index contributed by atoms with van der Waals surface area (Å²) in [6.45, 7) is 0.374. The summed E-state index contributed by atoms with van der Waals surface area (Å²) in [6, 6.07) is 13.3. The Balaban J connectivity index is 1.72. The van der Waals surface area contributed by atoms with Crippen molar-refractivity contribution >= 4 is 56.0 Å². The standard InChI is InChI=1S/C17H14BrClN4OS/c18-13-5-6-15(24-9-11-3-1-2-4-14(11)19)12(7-13)8-21-23-17-22-16(20)10-25-17/h1-8,10H,9,20H2,(H,22,23). The molecular weight excluding hydrogens is 424 g/mol. The molecule has 0 spiro atoms. The Morgan fingerprint density at radius 2 is 2.16 bits per heavy atom. The molecule has 0 atom stereocenters. The molecule has 8 heteroatoms. The van der Waals surface area contributed by atoms with Crippen LogP contribution in [-0.4, -0.2) is 11.2 Å². The summed E-state index contributed by atoms with van der Waals surface area (Å²) in [4.78, 5) is 4.08. The van der Waals surface area contributed by atoms with Crippen LogP contribution in [0.25, 0.3) is 0 Å². The monoisotopic (exact) mass is 436 g/mol. The van der Waals surface area contributed by atoms with E-state index in [1.807, 2.05) is 42.5 Å². The molecule has 1 heterocycles. The number of hydrogen-bond acceptors (Lipinski definition) is 6. The molecule has 25 heavy (non-hydrogen) atoms. The van der Waals surface area contributed by atoms with Gasteiger partial charge in [0.2, 0.25) is 5.13 Å². The number of hydrogen-bond donors (Lipinski definition) is 2. The van der Waals surface area contributed by atoms with E-state index in [4.69, 9.17) is 22.1 Å². The van der Waals surface area contributed by atoms with Gasteiger partial charge in [0.05, 0.1) is 6.21 Å². The van der Waals surface area contributed by atoms with Gasteiger partial charge in [0.1, 0.15) is 18.2 Å². The van der Waals surface area contributed by atoms with Crippen LogP contribution in [0.3, 0.4) is 0 Å². The number of nitrogens with two attached hydrogens (primary N) is 1. The third-order valence-corrected chi connectivity index (χ3v) is 4.83. The molecule has 3 rings (SSSR count). The van der Waals surface area contributed by atoms with Gasteiger partial charge in [-0.1, -0.05) is 45.7 Å². The number of anilines is 2. The molecule has 0 aliphatic heterocycles. The molecule has 0 saturated carbocycles. The van der Waals surface area contributed by atoms with Crippen molar-refractivity contribution < 1.29 is 4.74 Å². The molecule has 3 aromatic rings. The number of benzene rings is 2. The molecule has 128 valence electrons. The van der Waals surface area contributed by atoms with Gasteiger partial charge in [0.25, 0.3) is 0 Å². The number of nitrogens with one attached hydrogen (secondary N) is 1. The molecule has 0 amide bonds. The molecule has 3 N–H and O–H groups in total. The number of nitrogen functional groups attached to an aromatic ring is 1. The number of halogens is 2. The highest BCUT2D eigenvalue weighted by molar-refractivity contribution is 9.10. The minimum atomic E-state index is 0.374. The first-order valence-electron chi connectivity index (χ1n) is 7.27. The van der Waals surface area contributed by atoms with Crippen molar-refractivity contribution in [2.45, 2.75) is 6.61 Å². The molecule has 5 nitrogen and oxygen atoms in total. The van der Waals surface area contributed by atoms with E-state index < -0.39 is 0 Å².